The zero-order chi connectivity index (χ0) is 19.1. The van der Waals surface area contributed by atoms with Gasteiger partial charge in [-0.3, -0.25) is 9.79 Å². The first-order valence-corrected chi connectivity index (χ1v) is 9.39. The average Bonchev–Trinajstić information content (AvgIpc) is 3.18. The summed E-state index contributed by atoms with van der Waals surface area (Å²) < 4.78 is 0. The van der Waals surface area contributed by atoms with Crippen LogP contribution >= 0.6 is 0 Å². The molecule has 0 saturated carbocycles. The Morgan fingerprint density at radius 1 is 1.26 bits per heavy atom. The molecule has 1 fully saturated rings. The van der Waals surface area contributed by atoms with Crippen molar-refractivity contribution in [3.63, 3.8) is 0 Å². The predicted octanol–water partition coefficient (Wildman–Crippen LogP) is 2.78. The van der Waals surface area contributed by atoms with E-state index in [0.717, 1.165) is 31.0 Å². The van der Waals surface area contributed by atoms with Gasteiger partial charge in [-0.15, -0.1) is 0 Å². The summed E-state index contributed by atoms with van der Waals surface area (Å²) in [6.07, 6.45) is 3.22. The molecule has 2 N–H and O–H groups in total. The second-order valence-electron chi connectivity index (χ2n) is 6.84. The van der Waals surface area contributed by atoms with Crippen LogP contribution in [0.3, 0.4) is 0 Å². The van der Waals surface area contributed by atoms with Gasteiger partial charge in [-0.25, -0.2) is 4.98 Å². The zero-order valence-electron chi connectivity index (χ0n) is 16.0. The number of rotatable bonds is 5. The predicted molar refractivity (Wildman–Crippen MR) is 109 cm³/mol. The summed E-state index contributed by atoms with van der Waals surface area (Å²) in [7, 11) is 1.79. The van der Waals surface area contributed by atoms with Crippen LogP contribution in [0.1, 0.15) is 29.9 Å². The lowest BCUT2D eigenvalue weighted by atomic mass is 9.99. The number of nitrogens with zero attached hydrogens (tertiary/aromatic N) is 3. The molecule has 1 aliphatic heterocycles. The van der Waals surface area contributed by atoms with E-state index >= 15 is 0 Å². The lowest BCUT2D eigenvalue weighted by Crippen LogP contribution is -2.41. The van der Waals surface area contributed by atoms with Gasteiger partial charge in [0.1, 0.15) is 5.82 Å². The molecular formula is C21H27N5O. The first-order chi connectivity index (χ1) is 13.2. The molecule has 1 amide bonds. The molecule has 0 spiro atoms. The summed E-state index contributed by atoms with van der Waals surface area (Å²) in [5.41, 5.74) is 2.44. The van der Waals surface area contributed by atoms with E-state index in [1.807, 2.05) is 25.1 Å². The van der Waals surface area contributed by atoms with Gasteiger partial charge in [-0.1, -0.05) is 36.4 Å². The lowest BCUT2D eigenvalue weighted by Gasteiger charge is -2.21. The van der Waals surface area contributed by atoms with E-state index in [1.54, 1.807) is 13.2 Å². The van der Waals surface area contributed by atoms with Crippen LogP contribution in [0.2, 0.25) is 0 Å². The highest BCUT2D eigenvalue weighted by molar-refractivity contribution is 5.90. The van der Waals surface area contributed by atoms with E-state index in [1.165, 1.54) is 5.56 Å². The Morgan fingerprint density at radius 3 is 2.78 bits per heavy atom. The van der Waals surface area contributed by atoms with E-state index in [2.05, 4.69) is 49.8 Å². The van der Waals surface area contributed by atoms with Crippen LogP contribution in [0, 0.1) is 6.92 Å². The average molecular weight is 365 g/mol. The number of pyridine rings is 1. The molecule has 0 aliphatic carbocycles. The van der Waals surface area contributed by atoms with Crippen molar-refractivity contribution in [2.75, 3.05) is 32.0 Å². The molecule has 2 heterocycles. The van der Waals surface area contributed by atoms with E-state index in [0.29, 0.717) is 24.7 Å². The van der Waals surface area contributed by atoms with E-state index in [4.69, 9.17) is 0 Å². The van der Waals surface area contributed by atoms with Gasteiger partial charge in [0, 0.05) is 45.2 Å². The number of likely N-dealkylation sites (tertiary alicyclic amines) is 1. The molecule has 27 heavy (non-hydrogen) atoms. The van der Waals surface area contributed by atoms with E-state index < -0.39 is 0 Å². The smallest absolute Gasteiger partial charge is 0.227 e. The number of guanidine groups is 1. The number of aliphatic imine (C=N–C) groups is 1. The fourth-order valence-corrected chi connectivity index (χ4v) is 3.32. The molecule has 1 atom stereocenters. The number of hydrogen-bond donors (Lipinski definition) is 2. The van der Waals surface area contributed by atoms with Crippen LogP contribution in [0.4, 0.5) is 5.82 Å². The summed E-state index contributed by atoms with van der Waals surface area (Å²) in [5, 5.41) is 6.12. The molecule has 6 heteroatoms. The first kappa shape index (κ1) is 18.9. The third kappa shape index (κ3) is 5.29. The summed E-state index contributed by atoms with van der Waals surface area (Å²) in [5.74, 6) is 1.91. The van der Waals surface area contributed by atoms with Gasteiger partial charge in [0.05, 0.1) is 0 Å². The molecule has 142 valence electrons. The lowest BCUT2D eigenvalue weighted by molar-refractivity contribution is -0.116. The Hall–Kier alpha value is -2.89. The molecule has 1 aliphatic rings. The van der Waals surface area contributed by atoms with Gasteiger partial charge >= 0.3 is 0 Å². The van der Waals surface area contributed by atoms with Crippen molar-refractivity contribution in [1.82, 2.24) is 15.2 Å². The highest BCUT2D eigenvalue weighted by Crippen LogP contribution is 2.26. The third-order valence-corrected chi connectivity index (χ3v) is 4.78. The van der Waals surface area contributed by atoms with Crippen molar-refractivity contribution in [3.05, 3.63) is 59.8 Å². The van der Waals surface area contributed by atoms with E-state index in [-0.39, 0.29) is 5.91 Å². The molecular weight excluding hydrogens is 338 g/mol. The Kier molecular flexibility index (Phi) is 6.41. The fraction of sp³-hybridized carbons (Fsp3) is 0.381. The second kappa shape index (κ2) is 9.16. The Bertz CT molecular complexity index is 773. The zero-order valence-corrected chi connectivity index (χ0v) is 16.0. The number of aryl methyl sites for hydroxylation is 1. The molecule has 6 nitrogen and oxygen atoms in total. The van der Waals surface area contributed by atoms with Gasteiger partial charge in [-0.05, 0) is 30.5 Å². The summed E-state index contributed by atoms with van der Waals surface area (Å²) in [4.78, 5) is 22.9. The number of amides is 1. The monoisotopic (exact) mass is 365 g/mol. The maximum atomic E-state index is 12.1. The number of carbonyl (C=O) groups is 1. The molecule has 1 aromatic carbocycles. The van der Waals surface area contributed by atoms with Crippen LogP contribution in [-0.2, 0) is 4.79 Å². The molecule has 0 radical (unpaired) electrons. The molecule has 3 rings (SSSR count). The van der Waals surface area contributed by atoms with E-state index in [9.17, 15) is 4.79 Å². The minimum absolute atomic E-state index is 0.0575. The summed E-state index contributed by atoms with van der Waals surface area (Å²) >= 11 is 0. The minimum atomic E-state index is -0.0575. The Labute approximate surface area is 160 Å². The number of aromatic nitrogens is 1. The second-order valence-corrected chi connectivity index (χ2v) is 6.84. The van der Waals surface area contributed by atoms with Crippen molar-refractivity contribution in [2.24, 2.45) is 4.99 Å². The van der Waals surface area contributed by atoms with Crippen molar-refractivity contribution in [3.8, 4) is 0 Å². The maximum absolute atomic E-state index is 12.1. The number of nitrogens with one attached hydrogen (secondary N) is 2. The number of hydrogen-bond acceptors (Lipinski definition) is 3. The topological polar surface area (TPSA) is 69.6 Å². The van der Waals surface area contributed by atoms with Crippen molar-refractivity contribution in [1.29, 1.82) is 0 Å². The van der Waals surface area contributed by atoms with Crippen LogP contribution in [0.25, 0.3) is 0 Å². The van der Waals surface area contributed by atoms with Crippen molar-refractivity contribution >= 4 is 17.7 Å². The van der Waals surface area contributed by atoms with Gasteiger partial charge in [0.25, 0.3) is 0 Å². The SMILES string of the molecule is CN=C(NCCC(=O)Nc1ccc(C)cn1)N1CCC(c2ccccc2)C1. The standard InChI is InChI=1S/C21H27N5O/c1-16-8-9-19(24-14-16)25-20(27)10-12-23-21(22-2)26-13-11-18(15-26)17-6-4-3-5-7-17/h3-9,14,18H,10-13,15H2,1-2H3,(H,22,23)(H,24,25,27). The number of carbonyl (C=O) groups excluding carboxylic acids is 1. The summed E-state index contributed by atoms with van der Waals surface area (Å²) in [6.45, 7) is 4.42. The minimum Gasteiger partial charge on any atom is -0.356 e. The van der Waals surface area contributed by atoms with Crippen LogP contribution in [0.5, 0.6) is 0 Å². The number of anilines is 1. The maximum Gasteiger partial charge on any atom is 0.227 e. The molecule has 1 unspecified atom stereocenters. The Morgan fingerprint density at radius 2 is 2.07 bits per heavy atom. The molecule has 1 saturated heterocycles. The van der Waals surface area contributed by atoms with Crippen LogP contribution in [-0.4, -0.2) is 48.4 Å². The van der Waals surface area contributed by atoms with Crippen LogP contribution in [0.15, 0.2) is 53.7 Å². The largest absolute Gasteiger partial charge is 0.356 e. The third-order valence-electron chi connectivity index (χ3n) is 4.78. The summed E-state index contributed by atoms with van der Waals surface area (Å²) in [6, 6.07) is 14.3. The van der Waals surface area contributed by atoms with Gasteiger partial charge in [0.15, 0.2) is 5.96 Å². The Balaban J connectivity index is 1.44. The molecule has 2 aromatic rings. The van der Waals surface area contributed by atoms with Gasteiger partial charge < -0.3 is 15.5 Å². The normalized spacial score (nSPS) is 17.0. The fourth-order valence-electron chi connectivity index (χ4n) is 3.32. The van der Waals surface area contributed by atoms with Crippen molar-refractivity contribution < 1.29 is 4.79 Å². The highest BCUT2D eigenvalue weighted by atomic mass is 16.1. The van der Waals surface area contributed by atoms with Gasteiger partial charge in [-0.2, -0.15) is 0 Å². The molecule has 0 bridgehead atoms. The van der Waals surface area contributed by atoms with Crippen molar-refractivity contribution in [2.45, 2.75) is 25.7 Å². The highest BCUT2D eigenvalue weighted by Gasteiger charge is 2.25. The van der Waals surface area contributed by atoms with Crippen LogP contribution < -0.4 is 10.6 Å². The number of benzene rings is 1. The first-order valence-electron chi connectivity index (χ1n) is 9.39. The molecule has 1 aromatic heterocycles. The quantitative estimate of drug-likeness (QED) is 0.631. The van der Waals surface area contributed by atoms with Gasteiger partial charge in [0.2, 0.25) is 5.91 Å².